The van der Waals surface area contributed by atoms with Crippen LogP contribution < -0.4 is 5.01 Å². The predicted molar refractivity (Wildman–Crippen MR) is 132 cm³/mol. The molecule has 0 unspecified atom stereocenters. The van der Waals surface area contributed by atoms with Crippen molar-refractivity contribution in [1.82, 2.24) is 0 Å². The summed E-state index contributed by atoms with van der Waals surface area (Å²) in [5.41, 5.74) is 3.04. The van der Waals surface area contributed by atoms with Gasteiger partial charge in [0.15, 0.2) is 0 Å². The number of nitro groups is 1. The average Bonchev–Trinajstić information content (AvgIpc) is 3.31. The Kier molecular flexibility index (Phi) is 7.45. The number of carbonyl (C=O) groups excluding carboxylic acids is 2. The molecule has 0 N–H and O–H groups in total. The molecule has 2 aromatic carbocycles. The number of allylic oxidation sites excluding steroid dienone is 1. The van der Waals surface area contributed by atoms with Crippen molar-refractivity contribution >= 4 is 35.0 Å². The minimum atomic E-state index is -0.905. The number of carbonyl (C=O) groups is 2. The first-order valence-corrected chi connectivity index (χ1v) is 10.5. The lowest BCUT2D eigenvalue weighted by molar-refractivity contribution is -0.384. The molecule has 0 saturated carbocycles. The molecule has 0 aliphatic carbocycles. The number of anilines is 1. The van der Waals surface area contributed by atoms with E-state index in [2.05, 4.69) is 10.3 Å². The first kappa shape index (κ1) is 24.9. The van der Waals surface area contributed by atoms with Crippen LogP contribution in [0.5, 0.6) is 0 Å². The lowest BCUT2D eigenvalue weighted by atomic mass is 10.0. The first-order valence-electron chi connectivity index (χ1n) is 10.5. The fraction of sp³-hybridized carbons (Fsp3) is 0.160. The Morgan fingerprint density at radius 1 is 1.03 bits per heavy atom. The van der Waals surface area contributed by atoms with Crippen LogP contribution in [0.1, 0.15) is 41.1 Å². The van der Waals surface area contributed by atoms with Gasteiger partial charge < -0.3 is 4.42 Å². The van der Waals surface area contributed by atoms with Gasteiger partial charge in [-0.1, -0.05) is 0 Å². The van der Waals surface area contributed by atoms with E-state index >= 15 is 0 Å². The summed E-state index contributed by atoms with van der Waals surface area (Å²) >= 11 is 0. The van der Waals surface area contributed by atoms with Gasteiger partial charge in [-0.05, 0) is 86.5 Å². The third-order valence-corrected chi connectivity index (χ3v) is 5.19. The topological polar surface area (TPSA) is 135 Å². The van der Waals surface area contributed by atoms with Crippen molar-refractivity contribution in [3.63, 3.8) is 0 Å². The van der Waals surface area contributed by atoms with Gasteiger partial charge >= 0.3 is 5.91 Å². The number of hydrogen-bond donors (Lipinski definition) is 0. The molecule has 0 bridgehead atoms. The third kappa shape index (κ3) is 5.80. The number of furan rings is 1. The Bertz CT molecular complexity index is 1370. The molecule has 0 fully saturated rings. The molecule has 0 atom stereocenters. The lowest BCUT2D eigenvalue weighted by Gasteiger charge is -2.16. The largest absolute Gasteiger partial charge is 0.456 e. The predicted octanol–water partition coefficient (Wildman–Crippen LogP) is 5.82. The third-order valence-electron chi connectivity index (χ3n) is 5.19. The highest BCUT2D eigenvalue weighted by atomic mass is 16.6. The minimum Gasteiger partial charge on any atom is -0.456 e. The highest BCUT2D eigenvalue weighted by molar-refractivity contribution is 6.01. The van der Waals surface area contributed by atoms with Crippen molar-refractivity contribution in [2.75, 3.05) is 5.01 Å². The molecule has 1 heterocycles. The second kappa shape index (κ2) is 10.5. The Hall–Kier alpha value is -4.73. The highest BCUT2D eigenvalue weighted by Gasteiger charge is 2.19. The van der Waals surface area contributed by atoms with E-state index in [0.29, 0.717) is 28.5 Å². The number of hydrazone groups is 1. The number of hydrogen-bond acceptors (Lipinski definition) is 7. The van der Waals surface area contributed by atoms with Crippen molar-refractivity contribution in [3.8, 4) is 11.3 Å². The summed E-state index contributed by atoms with van der Waals surface area (Å²) in [7, 11) is 0. The quantitative estimate of drug-likeness (QED) is 0.183. The molecule has 178 valence electrons. The maximum atomic E-state index is 12.1. The molecule has 3 aromatic rings. The van der Waals surface area contributed by atoms with Gasteiger partial charge in [0, 0.05) is 23.7 Å². The van der Waals surface area contributed by atoms with Gasteiger partial charge in [-0.2, -0.15) is 5.10 Å². The number of nitrogens with zero attached hydrogens (tertiary/aromatic N) is 4. The number of nitro benzene ring substituents is 1. The maximum Gasteiger partial charge on any atom is 0.316 e. The molecule has 3 rings (SSSR count). The lowest BCUT2D eigenvalue weighted by Crippen LogP contribution is -2.23. The first-order chi connectivity index (χ1) is 16.6. The smallest absolute Gasteiger partial charge is 0.316 e. The summed E-state index contributed by atoms with van der Waals surface area (Å²) in [5, 5.41) is 19.3. The van der Waals surface area contributed by atoms with Gasteiger partial charge in [0.05, 0.1) is 21.9 Å². The van der Waals surface area contributed by atoms with Crippen molar-refractivity contribution in [1.29, 1.82) is 0 Å². The van der Waals surface area contributed by atoms with Crippen LogP contribution in [0.4, 0.5) is 11.4 Å². The van der Waals surface area contributed by atoms with E-state index in [-0.39, 0.29) is 17.2 Å². The van der Waals surface area contributed by atoms with E-state index in [4.69, 9.17) is 4.42 Å². The van der Waals surface area contributed by atoms with Crippen LogP contribution >= 0.6 is 0 Å². The molecule has 0 saturated heterocycles. The molecule has 0 aliphatic heterocycles. The Balaban J connectivity index is 1.84. The molecule has 10 heteroatoms. The van der Waals surface area contributed by atoms with Crippen molar-refractivity contribution < 1.29 is 18.9 Å². The fourth-order valence-electron chi connectivity index (χ4n) is 3.24. The number of benzene rings is 2. The van der Waals surface area contributed by atoms with Gasteiger partial charge in [-0.3, -0.25) is 19.7 Å². The van der Waals surface area contributed by atoms with Crippen LogP contribution in [0.15, 0.2) is 69.3 Å². The normalized spacial score (nSPS) is 11.5. The Morgan fingerprint density at radius 3 is 2.29 bits per heavy atom. The summed E-state index contributed by atoms with van der Waals surface area (Å²) in [6.45, 7) is 6.70. The van der Waals surface area contributed by atoms with E-state index < -0.39 is 10.8 Å². The van der Waals surface area contributed by atoms with Gasteiger partial charge in [0.25, 0.3) is 5.69 Å². The standard InChI is InChI=1S/C25H22N4O6/c1-15-13-22(23(29(33)34)14-16(15)2)24-12-11-21(35-24)10-5-17(3)26-28(18(4)30)20-8-6-19(7-9-20)25(31)27-32/h5-14H,1-4H3/b10-5+,26-17-. The van der Waals surface area contributed by atoms with Crippen LogP contribution in [0.25, 0.3) is 17.4 Å². The number of amides is 2. The zero-order valence-electron chi connectivity index (χ0n) is 19.5. The zero-order valence-corrected chi connectivity index (χ0v) is 19.5. The van der Waals surface area contributed by atoms with Crippen molar-refractivity contribution in [2.24, 2.45) is 10.3 Å². The number of nitroso groups, excluding NO2 is 1. The molecule has 35 heavy (non-hydrogen) atoms. The van der Waals surface area contributed by atoms with Crippen molar-refractivity contribution in [3.05, 3.63) is 92.1 Å². The molecule has 10 nitrogen and oxygen atoms in total. The summed E-state index contributed by atoms with van der Waals surface area (Å²) in [5.74, 6) is -0.468. The van der Waals surface area contributed by atoms with Gasteiger partial charge in [-0.25, -0.2) is 5.01 Å². The van der Waals surface area contributed by atoms with E-state index in [1.165, 1.54) is 37.3 Å². The summed E-state index contributed by atoms with van der Waals surface area (Å²) < 4.78 is 5.80. The number of aryl methyl sites for hydroxylation is 2. The van der Waals surface area contributed by atoms with Gasteiger partial charge in [0.2, 0.25) is 5.91 Å². The van der Waals surface area contributed by atoms with Crippen LogP contribution in [-0.2, 0) is 4.79 Å². The van der Waals surface area contributed by atoms with E-state index in [1.54, 1.807) is 37.3 Å². The Labute approximate surface area is 200 Å². The molecule has 1 aromatic heterocycles. The minimum absolute atomic E-state index is 0.0375. The van der Waals surface area contributed by atoms with Crippen LogP contribution in [-0.4, -0.2) is 22.4 Å². The van der Waals surface area contributed by atoms with Gasteiger partial charge in [-0.15, -0.1) is 4.91 Å². The summed E-state index contributed by atoms with van der Waals surface area (Å²) in [4.78, 5) is 44.9. The second-order valence-corrected chi connectivity index (χ2v) is 7.76. The SMILES string of the molecule is CC(=O)N(/N=C(C)\C=C\c1ccc(-c2cc(C)c(C)cc2[N+](=O)[O-])o1)c1ccc(C(=O)N=O)cc1. The average molecular weight is 474 g/mol. The van der Waals surface area contributed by atoms with Crippen LogP contribution in [0.3, 0.4) is 0 Å². The van der Waals surface area contributed by atoms with Crippen molar-refractivity contribution in [2.45, 2.75) is 27.7 Å². The van der Waals surface area contributed by atoms with E-state index in [1.807, 2.05) is 13.8 Å². The maximum absolute atomic E-state index is 12.1. The zero-order chi connectivity index (χ0) is 25.7. The van der Waals surface area contributed by atoms with E-state index in [9.17, 15) is 24.6 Å². The Morgan fingerprint density at radius 2 is 1.69 bits per heavy atom. The van der Waals surface area contributed by atoms with Crippen LogP contribution in [0.2, 0.25) is 0 Å². The molecule has 0 spiro atoms. The highest BCUT2D eigenvalue weighted by Crippen LogP contribution is 2.33. The van der Waals surface area contributed by atoms with E-state index in [0.717, 1.165) is 16.1 Å². The molecule has 2 amide bonds. The second-order valence-electron chi connectivity index (χ2n) is 7.76. The monoisotopic (exact) mass is 474 g/mol. The molecule has 0 aliphatic rings. The molecular weight excluding hydrogens is 452 g/mol. The number of rotatable bonds is 7. The summed E-state index contributed by atoms with van der Waals surface area (Å²) in [6.07, 6.45) is 3.26. The molecule has 0 radical (unpaired) electrons. The summed E-state index contributed by atoms with van der Waals surface area (Å²) in [6, 6.07) is 12.3. The fourth-order valence-corrected chi connectivity index (χ4v) is 3.24. The molecular formula is C25H22N4O6. The van der Waals surface area contributed by atoms with Crippen LogP contribution in [0, 0.1) is 28.9 Å². The van der Waals surface area contributed by atoms with Gasteiger partial charge in [0.1, 0.15) is 11.5 Å².